The number of para-hydroxylation sites is 1. The van der Waals surface area contributed by atoms with Crippen molar-refractivity contribution >= 4 is 33.2 Å². The average molecular weight is 546 g/mol. The van der Waals surface area contributed by atoms with Gasteiger partial charge in [0.1, 0.15) is 5.82 Å². The van der Waals surface area contributed by atoms with E-state index in [1.165, 1.54) is 42.5 Å². The topological polar surface area (TPSA) is 95.6 Å². The molecular formula is C30H28FN3O4S. The third-order valence-corrected chi connectivity index (χ3v) is 7.30. The molecular weight excluding hydrogens is 517 g/mol. The Balaban J connectivity index is 1.50. The zero-order valence-corrected chi connectivity index (χ0v) is 22.3. The predicted molar refractivity (Wildman–Crippen MR) is 151 cm³/mol. The molecule has 9 heteroatoms. The maximum atomic E-state index is 14.2. The minimum absolute atomic E-state index is 0.194. The molecule has 0 saturated carbocycles. The molecule has 4 aromatic carbocycles. The van der Waals surface area contributed by atoms with E-state index in [9.17, 15) is 22.4 Å². The molecule has 0 saturated heterocycles. The predicted octanol–water partition coefficient (Wildman–Crippen LogP) is 5.54. The lowest BCUT2D eigenvalue weighted by Gasteiger charge is -2.23. The highest BCUT2D eigenvalue weighted by Gasteiger charge is 2.21. The third kappa shape index (κ3) is 6.88. The average Bonchev–Trinajstić information content (AvgIpc) is 2.92. The van der Waals surface area contributed by atoms with Gasteiger partial charge in [0, 0.05) is 11.1 Å². The number of benzene rings is 4. The number of halogens is 1. The van der Waals surface area contributed by atoms with Gasteiger partial charge in [-0.3, -0.25) is 13.9 Å². The van der Waals surface area contributed by atoms with Crippen LogP contribution in [0.2, 0.25) is 0 Å². The van der Waals surface area contributed by atoms with Crippen LogP contribution >= 0.6 is 0 Å². The summed E-state index contributed by atoms with van der Waals surface area (Å²) in [6.07, 6.45) is 1.04. The highest BCUT2D eigenvalue weighted by atomic mass is 32.2. The minimum atomic E-state index is -3.74. The summed E-state index contributed by atoms with van der Waals surface area (Å²) >= 11 is 0. The summed E-state index contributed by atoms with van der Waals surface area (Å²) in [5.41, 5.74) is 2.35. The Hall–Kier alpha value is -4.50. The maximum Gasteiger partial charge on any atom is 0.255 e. The molecule has 2 N–H and O–H groups in total. The van der Waals surface area contributed by atoms with E-state index in [1.807, 2.05) is 37.3 Å². The van der Waals surface area contributed by atoms with E-state index < -0.39 is 21.7 Å². The van der Waals surface area contributed by atoms with Crippen molar-refractivity contribution < 1.29 is 22.4 Å². The Morgan fingerprint density at radius 3 is 2.10 bits per heavy atom. The molecule has 200 valence electrons. The van der Waals surface area contributed by atoms with Crippen LogP contribution in [0, 0.1) is 5.82 Å². The summed E-state index contributed by atoms with van der Waals surface area (Å²) in [4.78, 5) is 26.0. The molecule has 0 aliphatic carbocycles. The van der Waals surface area contributed by atoms with E-state index in [0.717, 1.165) is 16.1 Å². The van der Waals surface area contributed by atoms with Crippen LogP contribution in [0.5, 0.6) is 0 Å². The molecule has 39 heavy (non-hydrogen) atoms. The molecule has 0 aliphatic heterocycles. The Labute approximate surface area is 227 Å². The van der Waals surface area contributed by atoms with E-state index >= 15 is 0 Å². The highest BCUT2D eigenvalue weighted by Crippen LogP contribution is 2.24. The van der Waals surface area contributed by atoms with Crippen LogP contribution in [0.1, 0.15) is 44.8 Å². The maximum absolute atomic E-state index is 14.2. The summed E-state index contributed by atoms with van der Waals surface area (Å²) in [5, 5.41) is 5.71. The Morgan fingerprint density at radius 2 is 1.44 bits per heavy atom. The third-order valence-electron chi connectivity index (χ3n) is 6.16. The Kier molecular flexibility index (Phi) is 8.41. The normalized spacial score (nSPS) is 11.9. The van der Waals surface area contributed by atoms with E-state index in [1.54, 1.807) is 30.3 Å². The van der Waals surface area contributed by atoms with Gasteiger partial charge in [-0.05, 0) is 55.0 Å². The molecule has 2 amide bonds. The number of amides is 2. The van der Waals surface area contributed by atoms with Crippen LogP contribution in [-0.4, -0.2) is 26.5 Å². The van der Waals surface area contributed by atoms with Gasteiger partial charge in [-0.2, -0.15) is 0 Å². The molecule has 0 radical (unpaired) electrons. The smallest absolute Gasteiger partial charge is 0.255 e. The van der Waals surface area contributed by atoms with E-state index in [2.05, 4.69) is 10.6 Å². The van der Waals surface area contributed by atoms with Gasteiger partial charge in [-0.15, -0.1) is 0 Å². The number of rotatable bonds is 9. The number of nitrogens with one attached hydrogen (secondary N) is 2. The first-order valence-corrected chi connectivity index (χ1v) is 14.1. The van der Waals surface area contributed by atoms with Gasteiger partial charge >= 0.3 is 0 Å². The van der Waals surface area contributed by atoms with Crippen molar-refractivity contribution in [3.8, 4) is 0 Å². The van der Waals surface area contributed by atoms with Gasteiger partial charge in [0.25, 0.3) is 11.8 Å². The first kappa shape index (κ1) is 27.5. The molecule has 0 heterocycles. The zero-order valence-electron chi connectivity index (χ0n) is 21.5. The van der Waals surface area contributed by atoms with Crippen molar-refractivity contribution in [1.82, 2.24) is 5.32 Å². The van der Waals surface area contributed by atoms with Gasteiger partial charge in [-0.1, -0.05) is 60.7 Å². The largest absolute Gasteiger partial charge is 0.345 e. The van der Waals surface area contributed by atoms with Gasteiger partial charge in [0.2, 0.25) is 10.0 Å². The van der Waals surface area contributed by atoms with E-state index in [4.69, 9.17) is 0 Å². The lowest BCUT2D eigenvalue weighted by Crippen LogP contribution is -2.29. The molecule has 4 aromatic rings. The number of anilines is 2. The molecule has 0 bridgehead atoms. The summed E-state index contributed by atoms with van der Waals surface area (Å²) < 4.78 is 40.2. The second-order valence-corrected chi connectivity index (χ2v) is 10.9. The molecule has 7 nitrogen and oxygen atoms in total. The minimum Gasteiger partial charge on any atom is -0.345 e. The summed E-state index contributed by atoms with van der Waals surface area (Å²) in [6, 6.07) is 27.8. The van der Waals surface area contributed by atoms with Gasteiger partial charge in [-0.25, -0.2) is 12.8 Å². The molecule has 0 fully saturated rings. The van der Waals surface area contributed by atoms with Crippen molar-refractivity contribution in [3.63, 3.8) is 0 Å². The first-order chi connectivity index (χ1) is 18.6. The van der Waals surface area contributed by atoms with Gasteiger partial charge in [0.15, 0.2) is 0 Å². The van der Waals surface area contributed by atoms with Crippen LogP contribution in [-0.2, 0) is 16.6 Å². The standard InChI is InChI=1S/C30H28FN3O4S/c1-21(22-10-4-3-5-11-22)32-30(36)26-13-7-9-15-28(26)33-29(35)23-16-18-25(19-17-23)34(39(2,37)38)20-24-12-6-8-14-27(24)31/h3-19,21H,20H2,1-2H3,(H,32,36)(H,33,35)/t21-/m1/s1. The summed E-state index contributed by atoms with van der Waals surface area (Å²) in [5.74, 6) is -1.32. The fraction of sp³-hybridized carbons (Fsp3) is 0.133. The fourth-order valence-corrected chi connectivity index (χ4v) is 4.92. The number of carbonyl (C=O) groups is 2. The molecule has 0 spiro atoms. The summed E-state index contributed by atoms with van der Waals surface area (Å²) in [7, 11) is -3.74. The van der Waals surface area contributed by atoms with Crippen molar-refractivity contribution in [2.45, 2.75) is 19.5 Å². The van der Waals surface area contributed by atoms with Gasteiger partial charge < -0.3 is 10.6 Å². The number of hydrogen-bond acceptors (Lipinski definition) is 4. The van der Waals surface area contributed by atoms with E-state index in [-0.39, 0.29) is 35.3 Å². The number of hydrogen-bond donors (Lipinski definition) is 2. The quantitative estimate of drug-likeness (QED) is 0.289. The van der Waals surface area contributed by atoms with Crippen molar-refractivity contribution in [2.24, 2.45) is 0 Å². The van der Waals surface area contributed by atoms with Crippen molar-refractivity contribution in [1.29, 1.82) is 0 Å². The number of nitrogens with zero attached hydrogens (tertiary/aromatic N) is 1. The number of carbonyl (C=O) groups excluding carboxylic acids is 2. The molecule has 1 atom stereocenters. The zero-order chi connectivity index (χ0) is 28.0. The van der Waals surface area contributed by atoms with Gasteiger partial charge in [0.05, 0.1) is 35.8 Å². The Bertz CT molecular complexity index is 1580. The second kappa shape index (κ2) is 11.9. The fourth-order valence-electron chi connectivity index (χ4n) is 4.04. The lowest BCUT2D eigenvalue weighted by molar-refractivity contribution is 0.0940. The molecule has 0 aliphatic rings. The Morgan fingerprint density at radius 1 is 0.821 bits per heavy atom. The molecule has 0 unspecified atom stereocenters. The van der Waals surface area contributed by atoms with Crippen LogP contribution in [0.3, 0.4) is 0 Å². The monoisotopic (exact) mass is 545 g/mol. The highest BCUT2D eigenvalue weighted by molar-refractivity contribution is 7.92. The second-order valence-electron chi connectivity index (χ2n) is 9.01. The first-order valence-electron chi connectivity index (χ1n) is 12.2. The van der Waals surface area contributed by atoms with E-state index in [0.29, 0.717) is 11.3 Å². The summed E-state index contributed by atoms with van der Waals surface area (Å²) in [6.45, 7) is 1.68. The molecule has 0 aromatic heterocycles. The number of sulfonamides is 1. The van der Waals surface area contributed by atoms with Crippen molar-refractivity contribution in [2.75, 3.05) is 15.9 Å². The van der Waals surface area contributed by atoms with Crippen molar-refractivity contribution in [3.05, 3.63) is 131 Å². The SMILES string of the molecule is C[C@@H](NC(=O)c1ccccc1NC(=O)c1ccc(N(Cc2ccccc2F)S(C)(=O)=O)cc1)c1ccccc1. The van der Waals surface area contributed by atoms with Crippen LogP contribution in [0.4, 0.5) is 15.8 Å². The molecule has 4 rings (SSSR count). The van der Waals surface area contributed by atoms with Crippen LogP contribution < -0.4 is 14.9 Å². The van der Waals surface area contributed by atoms with Crippen LogP contribution in [0.15, 0.2) is 103 Å². The lowest BCUT2D eigenvalue weighted by atomic mass is 10.1. The van der Waals surface area contributed by atoms with Crippen LogP contribution in [0.25, 0.3) is 0 Å².